The van der Waals surface area contributed by atoms with Crippen molar-refractivity contribution in [3.05, 3.63) is 32.6 Å². The summed E-state index contributed by atoms with van der Waals surface area (Å²) in [5.74, 6) is 0. The lowest BCUT2D eigenvalue weighted by atomic mass is 10.1. The summed E-state index contributed by atoms with van der Waals surface area (Å²) in [6.45, 7) is -0.511. The van der Waals surface area contributed by atoms with Gasteiger partial charge in [-0.1, -0.05) is 0 Å². The van der Waals surface area contributed by atoms with Crippen LogP contribution in [-0.4, -0.2) is 43.7 Å². The average molecular weight is 308 g/mol. The first-order valence-electron chi connectivity index (χ1n) is 5.62. The Morgan fingerprint density at radius 2 is 2.15 bits per heavy atom. The maximum Gasteiger partial charge on any atom is 0.469 e. The second kappa shape index (κ2) is 5.60. The summed E-state index contributed by atoms with van der Waals surface area (Å²) in [6, 6.07) is 0. The molecular formula is C9H13N2O8P. The number of aliphatic hydroxyl groups excluding tert-OH is 1. The van der Waals surface area contributed by atoms with Gasteiger partial charge in [-0.15, -0.1) is 0 Å². The van der Waals surface area contributed by atoms with Crippen LogP contribution < -0.4 is 11.2 Å². The van der Waals surface area contributed by atoms with Crippen molar-refractivity contribution in [2.45, 2.75) is 24.7 Å². The van der Waals surface area contributed by atoms with Gasteiger partial charge in [0.1, 0.15) is 6.10 Å². The Hall–Kier alpha value is -1.29. The summed E-state index contributed by atoms with van der Waals surface area (Å²) in [5.41, 5.74) is -1.21. The monoisotopic (exact) mass is 308 g/mol. The zero-order valence-electron chi connectivity index (χ0n) is 10.1. The number of aromatic amines is 2. The Morgan fingerprint density at radius 3 is 2.75 bits per heavy atom. The standard InChI is InChI=1S/C9H13N2O8P/c12-5-1-6(4-2-10-9(14)11-8(4)13)19-7(5)3-18-20(15,16)17/h2,5-7,12H,1,3H2,(H2,15,16,17)(H2,10,11,13,14). The zero-order valence-corrected chi connectivity index (χ0v) is 10.9. The van der Waals surface area contributed by atoms with E-state index in [2.05, 4.69) is 9.51 Å². The molecule has 10 nitrogen and oxygen atoms in total. The number of hydrogen-bond donors (Lipinski definition) is 5. The Balaban J connectivity index is 2.08. The number of H-pyrrole nitrogens is 2. The van der Waals surface area contributed by atoms with Crippen LogP contribution in [-0.2, 0) is 13.8 Å². The van der Waals surface area contributed by atoms with Gasteiger partial charge in [0.2, 0.25) is 0 Å². The Labute approximate surface area is 111 Å². The minimum atomic E-state index is -4.66. The molecule has 0 amide bonds. The molecule has 0 saturated carbocycles. The minimum Gasteiger partial charge on any atom is -0.390 e. The molecule has 2 rings (SSSR count). The fourth-order valence-corrected chi connectivity index (χ4v) is 2.25. The van der Waals surface area contributed by atoms with E-state index in [1.165, 1.54) is 6.20 Å². The molecule has 5 N–H and O–H groups in total. The van der Waals surface area contributed by atoms with E-state index in [1.54, 1.807) is 0 Å². The molecule has 11 heteroatoms. The summed E-state index contributed by atoms with van der Waals surface area (Å²) in [6.07, 6.45) is -1.59. The minimum absolute atomic E-state index is 0.0459. The van der Waals surface area contributed by atoms with Crippen molar-refractivity contribution in [1.29, 1.82) is 0 Å². The van der Waals surface area contributed by atoms with E-state index in [0.29, 0.717) is 0 Å². The third-order valence-electron chi connectivity index (χ3n) is 2.83. The number of phosphoric acid groups is 1. The molecule has 0 radical (unpaired) electrons. The maximum absolute atomic E-state index is 11.6. The van der Waals surface area contributed by atoms with Gasteiger partial charge < -0.3 is 24.6 Å². The van der Waals surface area contributed by atoms with Gasteiger partial charge in [0.05, 0.1) is 24.4 Å². The van der Waals surface area contributed by atoms with Crippen molar-refractivity contribution in [3.8, 4) is 0 Å². The molecule has 1 fully saturated rings. The van der Waals surface area contributed by atoms with Gasteiger partial charge in [0, 0.05) is 12.6 Å². The van der Waals surface area contributed by atoms with Gasteiger partial charge in [0.15, 0.2) is 0 Å². The zero-order chi connectivity index (χ0) is 14.9. The molecule has 0 aliphatic carbocycles. The summed E-state index contributed by atoms with van der Waals surface area (Å²) >= 11 is 0. The lowest BCUT2D eigenvalue weighted by molar-refractivity contribution is -0.0225. The van der Waals surface area contributed by atoms with Crippen molar-refractivity contribution in [2.75, 3.05) is 6.61 Å². The number of rotatable bonds is 4. The molecule has 112 valence electrons. The molecule has 1 aromatic rings. The Kier molecular flexibility index (Phi) is 4.23. The molecule has 20 heavy (non-hydrogen) atoms. The number of aliphatic hydroxyl groups is 1. The predicted octanol–water partition coefficient (Wildman–Crippen LogP) is -1.64. The van der Waals surface area contributed by atoms with Gasteiger partial charge in [0.25, 0.3) is 5.56 Å². The van der Waals surface area contributed by atoms with E-state index in [1.807, 2.05) is 4.98 Å². The fraction of sp³-hybridized carbons (Fsp3) is 0.556. The van der Waals surface area contributed by atoms with Crippen LogP contribution in [0.25, 0.3) is 0 Å². The van der Waals surface area contributed by atoms with Crippen molar-refractivity contribution in [1.82, 2.24) is 9.97 Å². The van der Waals surface area contributed by atoms with Crippen molar-refractivity contribution >= 4 is 7.82 Å². The van der Waals surface area contributed by atoms with Crippen LogP contribution in [0.3, 0.4) is 0 Å². The quantitative estimate of drug-likeness (QED) is 0.414. The highest BCUT2D eigenvalue weighted by atomic mass is 31.2. The second-order valence-electron chi connectivity index (χ2n) is 4.28. The number of hydrogen-bond acceptors (Lipinski definition) is 6. The molecule has 1 aliphatic heterocycles. The summed E-state index contributed by atoms with van der Waals surface area (Å²) < 4.78 is 20.1. The normalized spacial score (nSPS) is 26.9. The lowest BCUT2D eigenvalue weighted by Crippen LogP contribution is -2.27. The van der Waals surface area contributed by atoms with Crippen molar-refractivity contribution < 1.29 is 28.7 Å². The van der Waals surface area contributed by atoms with Gasteiger partial charge in [-0.2, -0.15) is 0 Å². The highest BCUT2D eigenvalue weighted by molar-refractivity contribution is 7.46. The fourth-order valence-electron chi connectivity index (χ4n) is 1.91. The van der Waals surface area contributed by atoms with Crippen LogP contribution in [0.4, 0.5) is 0 Å². The molecule has 1 aliphatic rings. The first kappa shape index (κ1) is 15.1. The first-order valence-corrected chi connectivity index (χ1v) is 7.15. The van der Waals surface area contributed by atoms with Crippen molar-refractivity contribution in [2.24, 2.45) is 0 Å². The Bertz CT molecular complexity index is 633. The number of aromatic nitrogens is 2. The molecule has 1 aromatic heterocycles. The highest BCUT2D eigenvalue weighted by Crippen LogP contribution is 2.38. The van der Waals surface area contributed by atoms with Crippen LogP contribution in [0, 0.1) is 0 Å². The van der Waals surface area contributed by atoms with Crippen LogP contribution in [0.2, 0.25) is 0 Å². The molecule has 2 heterocycles. The third kappa shape index (κ3) is 3.63. The molecule has 3 unspecified atom stereocenters. The van der Waals surface area contributed by atoms with E-state index < -0.39 is 44.0 Å². The van der Waals surface area contributed by atoms with Gasteiger partial charge >= 0.3 is 13.5 Å². The molecule has 0 spiro atoms. The summed E-state index contributed by atoms with van der Waals surface area (Å²) in [4.78, 5) is 43.9. The van der Waals surface area contributed by atoms with Crippen LogP contribution in [0.5, 0.6) is 0 Å². The summed E-state index contributed by atoms with van der Waals surface area (Å²) in [5, 5.41) is 9.72. The topological polar surface area (TPSA) is 162 Å². The largest absolute Gasteiger partial charge is 0.469 e. The van der Waals surface area contributed by atoms with E-state index in [9.17, 15) is 19.3 Å². The average Bonchev–Trinajstić information content (AvgIpc) is 2.67. The molecule has 0 aromatic carbocycles. The SMILES string of the molecule is O=c1[nH]cc(C2CC(O)C(COP(=O)(O)O)O2)c(=O)[nH]1. The third-order valence-corrected chi connectivity index (χ3v) is 3.31. The lowest BCUT2D eigenvalue weighted by Gasteiger charge is -2.15. The summed E-state index contributed by atoms with van der Waals surface area (Å²) in [7, 11) is -4.66. The highest BCUT2D eigenvalue weighted by Gasteiger charge is 2.37. The molecular weight excluding hydrogens is 295 g/mol. The molecule has 3 atom stereocenters. The van der Waals surface area contributed by atoms with Crippen molar-refractivity contribution in [3.63, 3.8) is 0 Å². The van der Waals surface area contributed by atoms with E-state index in [-0.39, 0.29) is 12.0 Å². The molecule has 0 bridgehead atoms. The van der Waals surface area contributed by atoms with Crippen LogP contribution in [0.1, 0.15) is 18.1 Å². The van der Waals surface area contributed by atoms with E-state index >= 15 is 0 Å². The first-order chi connectivity index (χ1) is 9.26. The van der Waals surface area contributed by atoms with Crippen LogP contribution in [0.15, 0.2) is 15.8 Å². The predicted molar refractivity (Wildman–Crippen MR) is 63.9 cm³/mol. The Morgan fingerprint density at radius 1 is 1.45 bits per heavy atom. The van der Waals surface area contributed by atoms with Gasteiger partial charge in [-0.25, -0.2) is 9.36 Å². The van der Waals surface area contributed by atoms with E-state index in [4.69, 9.17) is 14.5 Å². The van der Waals surface area contributed by atoms with Crippen LogP contribution >= 0.6 is 7.82 Å². The van der Waals surface area contributed by atoms with Gasteiger partial charge in [-0.05, 0) is 0 Å². The second-order valence-corrected chi connectivity index (χ2v) is 5.52. The molecule has 1 saturated heterocycles. The smallest absolute Gasteiger partial charge is 0.390 e. The number of ether oxygens (including phenoxy) is 1. The maximum atomic E-state index is 11.6. The van der Waals surface area contributed by atoms with E-state index in [0.717, 1.165) is 0 Å². The van der Waals surface area contributed by atoms with Gasteiger partial charge in [-0.3, -0.25) is 14.3 Å². The number of nitrogens with one attached hydrogen (secondary N) is 2. The number of phosphoric ester groups is 1.